The van der Waals surface area contributed by atoms with Gasteiger partial charge in [-0.05, 0) is 38.5 Å². The van der Waals surface area contributed by atoms with Crippen molar-refractivity contribution in [3.8, 4) is 0 Å². The van der Waals surface area contributed by atoms with Gasteiger partial charge in [0, 0.05) is 18.2 Å². The molecule has 0 fully saturated rings. The van der Waals surface area contributed by atoms with Gasteiger partial charge >= 0.3 is 6.18 Å². The number of hydrogen-bond donors (Lipinski definition) is 1. The monoisotopic (exact) mass is 451 g/mol. The van der Waals surface area contributed by atoms with Gasteiger partial charge in [0.2, 0.25) is 5.91 Å². The molecule has 1 aromatic heterocycles. The number of thioether (sulfide) groups is 1. The van der Waals surface area contributed by atoms with Gasteiger partial charge < -0.3 is 10.1 Å². The first-order chi connectivity index (χ1) is 13.6. The van der Waals surface area contributed by atoms with E-state index in [9.17, 15) is 22.8 Å². The number of amides is 1. The van der Waals surface area contributed by atoms with E-state index in [-0.39, 0.29) is 22.6 Å². The van der Waals surface area contributed by atoms with Crippen LogP contribution in [0.15, 0.2) is 28.2 Å². The Labute approximate surface area is 174 Å². The highest BCUT2D eigenvalue weighted by molar-refractivity contribution is 7.99. The van der Waals surface area contributed by atoms with Crippen molar-refractivity contribution >= 4 is 40.2 Å². The fraction of sp³-hybridized carbons (Fsp3) is 0.500. The molecule has 1 aromatic carbocycles. The van der Waals surface area contributed by atoms with Gasteiger partial charge in [0.1, 0.15) is 6.54 Å². The number of hydrogen-bond acceptors (Lipinski definition) is 5. The average Bonchev–Trinajstić information content (AvgIpc) is 2.62. The predicted octanol–water partition coefficient (Wildman–Crippen LogP) is 3.64. The second kappa shape index (κ2) is 10.3. The lowest BCUT2D eigenvalue weighted by atomic mass is 10.2. The van der Waals surface area contributed by atoms with Crippen LogP contribution in [-0.4, -0.2) is 46.6 Å². The summed E-state index contributed by atoms with van der Waals surface area (Å²) in [6, 6.07) is 4.67. The Balaban J connectivity index is 2.21. The molecular weight excluding hydrogens is 431 g/mol. The molecule has 0 aliphatic heterocycles. The summed E-state index contributed by atoms with van der Waals surface area (Å²) >= 11 is 6.86. The summed E-state index contributed by atoms with van der Waals surface area (Å²) < 4.78 is 43.6. The topological polar surface area (TPSA) is 73.2 Å². The highest BCUT2D eigenvalue weighted by Crippen LogP contribution is 2.21. The Kier molecular flexibility index (Phi) is 8.35. The lowest BCUT2D eigenvalue weighted by molar-refractivity contribution is -0.136. The zero-order chi connectivity index (χ0) is 21.6. The summed E-state index contributed by atoms with van der Waals surface area (Å²) in [5, 5.41) is 2.79. The second-order valence-corrected chi connectivity index (χ2v) is 7.85. The zero-order valence-electron chi connectivity index (χ0n) is 15.9. The van der Waals surface area contributed by atoms with Gasteiger partial charge in [0.05, 0.1) is 22.8 Å². The first-order valence-electron chi connectivity index (χ1n) is 8.85. The Morgan fingerprint density at radius 2 is 2.10 bits per heavy atom. The Morgan fingerprint density at radius 1 is 1.38 bits per heavy atom. The summed E-state index contributed by atoms with van der Waals surface area (Å²) in [7, 11) is 0. The second-order valence-electron chi connectivity index (χ2n) is 6.47. The molecule has 0 radical (unpaired) electrons. The summed E-state index contributed by atoms with van der Waals surface area (Å²) in [4.78, 5) is 29.0. The number of alkyl halides is 3. The summed E-state index contributed by atoms with van der Waals surface area (Å²) in [5.74, 6) is -1.11. The fourth-order valence-corrected chi connectivity index (χ4v) is 3.42. The van der Waals surface area contributed by atoms with E-state index in [0.29, 0.717) is 35.5 Å². The molecule has 0 atom stereocenters. The molecule has 11 heteroatoms. The predicted molar refractivity (Wildman–Crippen MR) is 107 cm³/mol. The van der Waals surface area contributed by atoms with E-state index in [1.165, 1.54) is 10.6 Å². The third kappa shape index (κ3) is 7.52. The largest absolute Gasteiger partial charge is 0.405 e. The smallest absolute Gasteiger partial charge is 0.379 e. The third-order valence-electron chi connectivity index (χ3n) is 3.68. The number of aromatic nitrogens is 2. The highest BCUT2D eigenvalue weighted by atomic mass is 35.5. The van der Waals surface area contributed by atoms with E-state index >= 15 is 0 Å². The van der Waals surface area contributed by atoms with Crippen LogP contribution in [0, 0.1) is 0 Å². The number of nitrogens with zero attached hydrogens (tertiary/aromatic N) is 2. The van der Waals surface area contributed by atoms with Crippen LogP contribution < -0.4 is 10.9 Å². The molecule has 160 valence electrons. The maximum atomic E-state index is 12.9. The van der Waals surface area contributed by atoms with Crippen LogP contribution in [-0.2, 0) is 16.1 Å². The van der Waals surface area contributed by atoms with Gasteiger partial charge in [-0.25, -0.2) is 4.98 Å². The van der Waals surface area contributed by atoms with Crippen LogP contribution >= 0.6 is 23.4 Å². The summed E-state index contributed by atoms with van der Waals surface area (Å²) in [6.07, 6.45) is -3.90. The van der Waals surface area contributed by atoms with Crippen molar-refractivity contribution in [3.05, 3.63) is 33.6 Å². The minimum atomic E-state index is -4.49. The van der Waals surface area contributed by atoms with Gasteiger partial charge in [0.25, 0.3) is 5.56 Å². The van der Waals surface area contributed by atoms with Gasteiger partial charge in [-0.3, -0.25) is 14.2 Å². The molecule has 2 aromatic rings. The molecule has 0 bridgehead atoms. The standard InChI is InChI=1S/C18H21ClF3N3O3S/c1-11(2)28-7-3-6-25-16(27)13-5-4-12(19)8-14(13)24-17(25)29-9-15(26)23-10-18(20,21)22/h4-5,8,11H,3,6-7,9-10H2,1-2H3,(H,23,26). The number of ether oxygens (including phenoxy) is 1. The molecule has 1 N–H and O–H groups in total. The molecule has 0 unspecified atom stereocenters. The number of fused-ring (bicyclic) bond motifs is 1. The zero-order valence-corrected chi connectivity index (χ0v) is 17.5. The van der Waals surface area contributed by atoms with E-state index in [1.807, 2.05) is 13.8 Å². The number of carbonyl (C=O) groups is 1. The van der Waals surface area contributed by atoms with Crippen molar-refractivity contribution in [2.75, 3.05) is 18.9 Å². The molecule has 0 spiro atoms. The van der Waals surface area contributed by atoms with Crippen LogP contribution in [0.2, 0.25) is 5.02 Å². The number of rotatable bonds is 9. The lowest BCUT2D eigenvalue weighted by Crippen LogP contribution is -2.35. The first kappa shape index (κ1) is 23.5. The molecule has 0 saturated carbocycles. The Hall–Kier alpha value is -1.78. The summed E-state index contributed by atoms with van der Waals surface area (Å²) in [6.45, 7) is 3.11. The Bertz CT molecular complexity index is 919. The number of nitrogens with one attached hydrogen (secondary N) is 1. The van der Waals surface area contributed by atoms with Crippen LogP contribution in [0.1, 0.15) is 20.3 Å². The maximum absolute atomic E-state index is 12.9. The van der Waals surface area contributed by atoms with E-state index in [1.54, 1.807) is 17.4 Å². The Morgan fingerprint density at radius 3 is 2.76 bits per heavy atom. The lowest BCUT2D eigenvalue weighted by Gasteiger charge is -2.14. The number of carbonyl (C=O) groups excluding carboxylic acids is 1. The normalized spacial score (nSPS) is 12.0. The van der Waals surface area contributed by atoms with Crippen LogP contribution in [0.3, 0.4) is 0 Å². The number of benzene rings is 1. The molecular formula is C18H21ClF3N3O3S. The van der Waals surface area contributed by atoms with Gasteiger partial charge in [-0.15, -0.1) is 0 Å². The van der Waals surface area contributed by atoms with Crippen LogP contribution in [0.25, 0.3) is 10.9 Å². The molecule has 1 heterocycles. The van der Waals surface area contributed by atoms with Crippen molar-refractivity contribution in [1.29, 1.82) is 0 Å². The fourth-order valence-electron chi connectivity index (χ4n) is 2.40. The van der Waals surface area contributed by atoms with Gasteiger partial charge in [-0.2, -0.15) is 13.2 Å². The van der Waals surface area contributed by atoms with E-state index in [0.717, 1.165) is 11.8 Å². The minimum Gasteiger partial charge on any atom is -0.379 e. The third-order valence-corrected chi connectivity index (χ3v) is 4.89. The van der Waals surface area contributed by atoms with Crippen molar-refractivity contribution in [2.24, 2.45) is 0 Å². The van der Waals surface area contributed by atoms with Crippen molar-refractivity contribution in [3.63, 3.8) is 0 Å². The van der Waals surface area contributed by atoms with Gasteiger partial charge in [-0.1, -0.05) is 23.4 Å². The van der Waals surface area contributed by atoms with Crippen molar-refractivity contribution in [1.82, 2.24) is 14.9 Å². The highest BCUT2D eigenvalue weighted by Gasteiger charge is 2.27. The molecule has 29 heavy (non-hydrogen) atoms. The first-order valence-corrected chi connectivity index (χ1v) is 10.2. The number of halogens is 4. The molecule has 1 amide bonds. The van der Waals surface area contributed by atoms with E-state index in [4.69, 9.17) is 16.3 Å². The summed E-state index contributed by atoms with van der Waals surface area (Å²) in [5.41, 5.74) is 0.0461. The molecule has 0 aliphatic rings. The van der Waals surface area contributed by atoms with Crippen LogP contribution in [0.4, 0.5) is 13.2 Å². The average molecular weight is 452 g/mol. The molecule has 0 saturated heterocycles. The minimum absolute atomic E-state index is 0.0507. The van der Waals surface area contributed by atoms with Gasteiger partial charge in [0.15, 0.2) is 5.16 Å². The molecule has 0 aliphatic carbocycles. The molecule has 2 rings (SSSR count). The van der Waals surface area contributed by atoms with Crippen molar-refractivity contribution < 1.29 is 22.7 Å². The maximum Gasteiger partial charge on any atom is 0.405 e. The van der Waals surface area contributed by atoms with E-state index in [2.05, 4.69) is 4.98 Å². The molecule has 6 nitrogen and oxygen atoms in total. The SMILES string of the molecule is CC(C)OCCCn1c(SCC(=O)NCC(F)(F)F)nc2cc(Cl)ccc2c1=O. The quantitative estimate of drug-likeness (QED) is 0.358. The van der Waals surface area contributed by atoms with Crippen LogP contribution in [0.5, 0.6) is 0 Å². The van der Waals surface area contributed by atoms with Crippen molar-refractivity contribution in [2.45, 2.75) is 44.2 Å². The van der Waals surface area contributed by atoms with E-state index < -0.39 is 18.6 Å².